The van der Waals surface area contributed by atoms with E-state index in [9.17, 15) is 13.2 Å². The van der Waals surface area contributed by atoms with Crippen LogP contribution in [-0.2, 0) is 21.4 Å². The second-order valence-electron chi connectivity index (χ2n) is 8.28. The topological polar surface area (TPSA) is 90.2 Å². The summed E-state index contributed by atoms with van der Waals surface area (Å²) in [7, 11) is -3.80. The highest BCUT2D eigenvalue weighted by molar-refractivity contribution is 7.89. The van der Waals surface area contributed by atoms with E-state index in [1.165, 1.54) is 15.6 Å². The highest BCUT2D eigenvalue weighted by Gasteiger charge is 2.39. The first kappa shape index (κ1) is 22.8. The lowest BCUT2D eigenvalue weighted by atomic mass is 10.2. The summed E-state index contributed by atoms with van der Waals surface area (Å²) in [5.74, 6) is 0.850. The maximum Gasteiger partial charge on any atom is 0.266 e. The number of benzene rings is 2. The van der Waals surface area contributed by atoms with Gasteiger partial charge in [0, 0.05) is 25.2 Å². The highest BCUT2D eigenvalue weighted by Crippen LogP contribution is 2.35. The SMILES string of the molecule is C=CCn1c(=NC(=O)C2CCCN2S(=O)(=O)c2ccc(C)cc2)sc2cc3c(cc21)OCCO3. The summed E-state index contributed by atoms with van der Waals surface area (Å²) in [6.07, 6.45) is 2.78. The van der Waals surface area contributed by atoms with Crippen LogP contribution in [0.3, 0.4) is 0 Å². The van der Waals surface area contributed by atoms with Crippen molar-refractivity contribution in [2.75, 3.05) is 19.8 Å². The van der Waals surface area contributed by atoms with E-state index in [1.54, 1.807) is 30.3 Å². The molecule has 2 aromatic carbocycles. The van der Waals surface area contributed by atoms with Crippen LogP contribution in [0.5, 0.6) is 11.5 Å². The van der Waals surface area contributed by atoms with Crippen LogP contribution < -0.4 is 14.3 Å². The average Bonchev–Trinajstić information content (AvgIpc) is 3.44. The number of thiazole rings is 1. The number of rotatable bonds is 5. The molecule has 1 saturated heterocycles. The van der Waals surface area contributed by atoms with Gasteiger partial charge in [-0.2, -0.15) is 9.30 Å². The van der Waals surface area contributed by atoms with Crippen molar-refractivity contribution >= 4 is 37.5 Å². The fourth-order valence-electron chi connectivity index (χ4n) is 4.29. The molecule has 10 heteroatoms. The number of nitrogens with zero attached hydrogens (tertiary/aromatic N) is 3. The number of aromatic nitrogens is 1. The lowest BCUT2D eigenvalue weighted by Gasteiger charge is -2.21. The number of aryl methyl sites for hydroxylation is 1. The normalized spacial score (nSPS) is 19.0. The fraction of sp³-hybridized carbons (Fsp3) is 0.333. The summed E-state index contributed by atoms with van der Waals surface area (Å²) in [4.78, 5) is 18.4. The predicted octanol–water partition coefficient (Wildman–Crippen LogP) is 3.25. The van der Waals surface area contributed by atoms with E-state index in [0.29, 0.717) is 55.4 Å². The Labute approximate surface area is 201 Å². The van der Waals surface area contributed by atoms with Gasteiger partial charge in [0.15, 0.2) is 16.3 Å². The minimum Gasteiger partial charge on any atom is -0.486 e. The Bertz CT molecular complexity index is 1440. The quantitative estimate of drug-likeness (QED) is 0.503. The van der Waals surface area contributed by atoms with Crippen molar-refractivity contribution in [2.24, 2.45) is 4.99 Å². The second kappa shape index (κ2) is 9.01. The van der Waals surface area contributed by atoms with Crippen LogP contribution in [0.1, 0.15) is 18.4 Å². The number of hydrogen-bond donors (Lipinski definition) is 0. The molecule has 1 fully saturated rings. The molecule has 8 nitrogen and oxygen atoms in total. The Hall–Kier alpha value is -2.95. The Morgan fingerprint density at radius 2 is 1.91 bits per heavy atom. The Morgan fingerprint density at radius 3 is 2.62 bits per heavy atom. The molecule has 0 N–H and O–H groups in total. The molecule has 0 aliphatic carbocycles. The van der Waals surface area contributed by atoms with Crippen molar-refractivity contribution in [3.8, 4) is 11.5 Å². The van der Waals surface area contributed by atoms with Crippen LogP contribution in [0.2, 0.25) is 0 Å². The Kier molecular flexibility index (Phi) is 6.05. The summed E-state index contributed by atoms with van der Waals surface area (Å²) in [6.45, 7) is 7.43. The summed E-state index contributed by atoms with van der Waals surface area (Å²) in [6, 6.07) is 9.63. The van der Waals surface area contributed by atoms with E-state index in [4.69, 9.17) is 9.47 Å². The molecular weight excluding hydrogens is 474 g/mol. The van der Waals surface area contributed by atoms with Crippen molar-refractivity contribution < 1.29 is 22.7 Å². The molecule has 0 saturated carbocycles. The summed E-state index contributed by atoms with van der Waals surface area (Å²) in [5.41, 5.74) is 1.83. The number of allylic oxidation sites excluding steroid dienone is 1. The largest absolute Gasteiger partial charge is 0.486 e. The Morgan fingerprint density at radius 1 is 1.21 bits per heavy atom. The lowest BCUT2D eigenvalue weighted by Crippen LogP contribution is -2.40. The third kappa shape index (κ3) is 4.06. The molecule has 1 unspecified atom stereocenters. The minimum absolute atomic E-state index is 0.187. The van der Waals surface area contributed by atoms with Gasteiger partial charge in [-0.1, -0.05) is 35.1 Å². The number of sulfonamides is 1. The molecule has 34 heavy (non-hydrogen) atoms. The molecule has 0 radical (unpaired) electrons. The lowest BCUT2D eigenvalue weighted by molar-refractivity contribution is -0.121. The van der Waals surface area contributed by atoms with Crippen molar-refractivity contribution in [3.63, 3.8) is 0 Å². The zero-order valence-electron chi connectivity index (χ0n) is 18.8. The third-order valence-corrected chi connectivity index (χ3v) is 8.94. The van der Waals surface area contributed by atoms with Crippen molar-refractivity contribution in [1.29, 1.82) is 0 Å². The van der Waals surface area contributed by atoms with Crippen molar-refractivity contribution in [2.45, 2.75) is 37.2 Å². The van der Waals surface area contributed by atoms with Gasteiger partial charge >= 0.3 is 0 Å². The van der Waals surface area contributed by atoms with Gasteiger partial charge in [-0.05, 0) is 31.9 Å². The second-order valence-corrected chi connectivity index (χ2v) is 11.2. The molecule has 1 aromatic heterocycles. The zero-order chi connectivity index (χ0) is 23.9. The average molecular weight is 500 g/mol. The van der Waals surface area contributed by atoms with Gasteiger partial charge in [0.05, 0.1) is 15.1 Å². The first-order valence-corrected chi connectivity index (χ1v) is 13.3. The highest BCUT2D eigenvalue weighted by atomic mass is 32.2. The number of fused-ring (bicyclic) bond motifs is 2. The molecule has 1 atom stereocenters. The summed E-state index contributed by atoms with van der Waals surface area (Å²) in [5, 5.41) is 0. The van der Waals surface area contributed by atoms with Crippen LogP contribution in [0.4, 0.5) is 0 Å². The predicted molar refractivity (Wildman–Crippen MR) is 130 cm³/mol. The van der Waals surface area contributed by atoms with Gasteiger partial charge in [0.25, 0.3) is 5.91 Å². The van der Waals surface area contributed by atoms with E-state index in [1.807, 2.05) is 23.6 Å². The van der Waals surface area contributed by atoms with Gasteiger partial charge < -0.3 is 14.0 Å². The Balaban J connectivity index is 1.53. The number of amides is 1. The van der Waals surface area contributed by atoms with Crippen LogP contribution in [0, 0.1) is 6.92 Å². The van der Waals surface area contributed by atoms with Crippen molar-refractivity contribution in [3.05, 3.63) is 59.4 Å². The number of hydrogen-bond acceptors (Lipinski definition) is 6. The summed E-state index contributed by atoms with van der Waals surface area (Å²) < 4.78 is 42.0. The van der Waals surface area contributed by atoms with Gasteiger partial charge in [0.2, 0.25) is 10.0 Å². The molecule has 0 bridgehead atoms. The number of ether oxygens (including phenoxy) is 2. The van der Waals surface area contributed by atoms with Gasteiger partial charge in [-0.3, -0.25) is 4.79 Å². The monoisotopic (exact) mass is 499 g/mol. The summed E-state index contributed by atoms with van der Waals surface area (Å²) >= 11 is 1.35. The van der Waals surface area contributed by atoms with Gasteiger partial charge in [-0.25, -0.2) is 8.42 Å². The van der Waals surface area contributed by atoms with Crippen molar-refractivity contribution in [1.82, 2.24) is 8.87 Å². The molecule has 1 amide bonds. The van der Waals surface area contributed by atoms with E-state index in [2.05, 4.69) is 11.6 Å². The third-order valence-electron chi connectivity index (χ3n) is 5.98. The van der Waals surface area contributed by atoms with Gasteiger partial charge in [-0.15, -0.1) is 6.58 Å². The number of carbonyl (C=O) groups excluding carboxylic acids is 1. The van der Waals surface area contributed by atoms with Crippen LogP contribution in [0.15, 0.2) is 58.9 Å². The minimum atomic E-state index is -3.80. The number of carbonyl (C=O) groups is 1. The molecule has 0 spiro atoms. The molecule has 2 aliphatic rings. The van der Waals surface area contributed by atoms with Crippen LogP contribution in [-0.4, -0.2) is 49.0 Å². The van der Waals surface area contributed by atoms with E-state index in [-0.39, 0.29) is 4.90 Å². The molecule has 3 aromatic rings. The van der Waals surface area contributed by atoms with E-state index < -0.39 is 22.0 Å². The maximum absolute atomic E-state index is 13.3. The molecule has 5 rings (SSSR count). The smallest absolute Gasteiger partial charge is 0.266 e. The zero-order valence-corrected chi connectivity index (χ0v) is 20.4. The molecule has 178 valence electrons. The molecular formula is C24H25N3O5S2. The van der Waals surface area contributed by atoms with Crippen LogP contribution >= 0.6 is 11.3 Å². The fourth-order valence-corrected chi connectivity index (χ4v) is 6.99. The van der Waals surface area contributed by atoms with Gasteiger partial charge in [0.1, 0.15) is 19.3 Å². The molecule has 2 aliphatic heterocycles. The molecule has 3 heterocycles. The van der Waals surface area contributed by atoms with E-state index >= 15 is 0 Å². The maximum atomic E-state index is 13.3. The standard InChI is InChI=1S/C24H25N3O5S2/c1-3-10-26-19-14-20-21(32-13-12-31-20)15-22(19)33-24(26)25-23(28)18-5-4-11-27(18)34(29,30)17-8-6-16(2)7-9-17/h3,6-9,14-15,18H,1,4-5,10-13H2,2H3. The first-order chi connectivity index (χ1) is 16.4. The van der Waals surface area contributed by atoms with Crippen LogP contribution in [0.25, 0.3) is 10.2 Å². The first-order valence-electron chi connectivity index (χ1n) is 11.1. The van der Waals surface area contributed by atoms with E-state index in [0.717, 1.165) is 15.8 Å².